The Hall–Kier alpha value is -4.30. The number of para-hydroxylation sites is 2. The molecule has 0 fully saturated rings. The van der Waals surface area contributed by atoms with Crippen molar-refractivity contribution in [1.82, 2.24) is 10.3 Å². The molecule has 0 aliphatic heterocycles. The van der Waals surface area contributed by atoms with Crippen LogP contribution in [-0.4, -0.2) is 56.6 Å². The summed E-state index contributed by atoms with van der Waals surface area (Å²) in [7, 11) is 4.66. The van der Waals surface area contributed by atoms with Gasteiger partial charge in [-0.25, -0.2) is 4.98 Å². The first-order chi connectivity index (χ1) is 17.5. The maximum Gasteiger partial charge on any atom is 0.252 e. The van der Waals surface area contributed by atoms with Crippen LogP contribution in [0, 0.1) is 0 Å². The summed E-state index contributed by atoms with van der Waals surface area (Å²) >= 11 is 0. The molecule has 4 rings (SSSR count). The number of methoxy groups -OCH3 is 3. The van der Waals surface area contributed by atoms with Crippen molar-refractivity contribution in [3.8, 4) is 34.3 Å². The third-order valence-corrected chi connectivity index (χ3v) is 5.65. The van der Waals surface area contributed by atoms with Crippen LogP contribution in [0.4, 0.5) is 0 Å². The first-order valence-electron chi connectivity index (χ1n) is 11.4. The van der Waals surface area contributed by atoms with Crippen molar-refractivity contribution in [1.29, 1.82) is 0 Å². The molecule has 4 aromatic rings. The smallest absolute Gasteiger partial charge is 0.252 e. The fourth-order valence-electron chi connectivity index (χ4n) is 3.78. The first kappa shape index (κ1) is 24.8. The fourth-order valence-corrected chi connectivity index (χ4v) is 3.78. The Labute approximate surface area is 209 Å². The minimum Gasteiger partial charge on any atom is -0.497 e. The van der Waals surface area contributed by atoms with Crippen molar-refractivity contribution in [3.05, 3.63) is 78.4 Å². The van der Waals surface area contributed by atoms with Crippen LogP contribution in [0.15, 0.2) is 72.8 Å². The van der Waals surface area contributed by atoms with Gasteiger partial charge in [-0.05, 0) is 48.5 Å². The molecule has 2 N–H and O–H groups in total. The van der Waals surface area contributed by atoms with Crippen molar-refractivity contribution >= 4 is 16.8 Å². The number of aliphatic hydroxyl groups is 1. The first-order valence-corrected chi connectivity index (χ1v) is 11.4. The molecule has 0 saturated carbocycles. The molecule has 1 amide bonds. The number of amides is 1. The quantitative estimate of drug-likeness (QED) is 0.347. The Morgan fingerprint density at radius 1 is 0.917 bits per heavy atom. The minimum atomic E-state index is -0.960. The highest BCUT2D eigenvalue weighted by atomic mass is 16.5. The van der Waals surface area contributed by atoms with Gasteiger partial charge in [0, 0.05) is 17.5 Å². The molecule has 0 saturated heterocycles. The fraction of sp³-hybridized carbons (Fsp3) is 0.214. The maximum absolute atomic E-state index is 13.2. The third-order valence-electron chi connectivity index (χ3n) is 5.65. The Kier molecular flexibility index (Phi) is 7.87. The predicted molar refractivity (Wildman–Crippen MR) is 137 cm³/mol. The zero-order valence-corrected chi connectivity index (χ0v) is 20.4. The topological polar surface area (TPSA) is 99.1 Å². The number of nitrogens with zero attached hydrogens (tertiary/aromatic N) is 1. The van der Waals surface area contributed by atoms with Gasteiger partial charge in [-0.2, -0.15) is 0 Å². The Morgan fingerprint density at radius 3 is 2.28 bits per heavy atom. The average Bonchev–Trinajstić information content (AvgIpc) is 2.93. The second-order valence-electron chi connectivity index (χ2n) is 7.97. The molecule has 0 spiro atoms. The summed E-state index contributed by atoms with van der Waals surface area (Å²) in [5.74, 6) is 1.77. The van der Waals surface area contributed by atoms with Crippen LogP contribution in [0.2, 0.25) is 0 Å². The van der Waals surface area contributed by atoms with E-state index in [2.05, 4.69) is 5.32 Å². The second kappa shape index (κ2) is 11.4. The molecule has 0 radical (unpaired) electrons. The van der Waals surface area contributed by atoms with Gasteiger partial charge in [0.05, 0.1) is 38.1 Å². The van der Waals surface area contributed by atoms with Gasteiger partial charge in [-0.15, -0.1) is 0 Å². The molecule has 0 aliphatic carbocycles. The third kappa shape index (κ3) is 5.50. The number of ether oxygens (including phenoxy) is 4. The summed E-state index contributed by atoms with van der Waals surface area (Å²) in [4.78, 5) is 17.9. The van der Waals surface area contributed by atoms with E-state index in [1.807, 2.05) is 48.5 Å². The van der Waals surface area contributed by atoms with E-state index in [-0.39, 0.29) is 19.1 Å². The van der Waals surface area contributed by atoms with Gasteiger partial charge in [-0.3, -0.25) is 4.79 Å². The molecule has 0 unspecified atom stereocenters. The highest BCUT2D eigenvalue weighted by Gasteiger charge is 2.17. The lowest BCUT2D eigenvalue weighted by Gasteiger charge is -2.17. The number of benzene rings is 3. The van der Waals surface area contributed by atoms with Gasteiger partial charge < -0.3 is 29.4 Å². The number of hydrogen-bond acceptors (Lipinski definition) is 7. The lowest BCUT2D eigenvalue weighted by atomic mass is 10.0. The molecule has 36 heavy (non-hydrogen) atoms. The molecule has 3 aromatic carbocycles. The number of rotatable bonds is 10. The second-order valence-corrected chi connectivity index (χ2v) is 7.97. The summed E-state index contributed by atoms with van der Waals surface area (Å²) in [6.07, 6.45) is -0.960. The van der Waals surface area contributed by atoms with Crippen molar-refractivity contribution in [2.45, 2.75) is 6.10 Å². The van der Waals surface area contributed by atoms with E-state index in [0.717, 1.165) is 16.7 Å². The van der Waals surface area contributed by atoms with Gasteiger partial charge in [0.25, 0.3) is 5.91 Å². The lowest BCUT2D eigenvalue weighted by Crippen LogP contribution is -2.35. The summed E-state index contributed by atoms with van der Waals surface area (Å²) in [5, 5.41) is 14.0. The number of carbonyl (C=O) groups excluding carboxylic acids is 1. The number of nitrogens with one attached hydrogen (secondary N) is 1. The van der Waals surface area contributed by atoms with Crippen LogP contribution < -0.4 is 24.3 Å². The van der Waals surface area contributed by atoms with E-state index in [1.165, 1.54) is 14.2 Å². The van der Waals surface area contributed by atoms with E-state index in [4.69, 9.17) is 23.9 Å². The highest BCUT2D eigenvalue weighted by molar-refractivity contribution is 6.07. The number of hydrogen-bond donors (Lipinski definition) is 2. The number of aromatic nitrogens is 1. The van der Waals surface area contributed by atoms with Crippen molar-refractivity contribution in [2.75, 3.05) is 34.5 Å². The molecule has 8 nitrogen and oxygen atoms in total. The van der Waals surface area contributed by atoms with Crippen LogP contribution in [-0.2, 0) is 0 Å². The standard InChI is InChI=1S/C28H28N2O6/c1-33-20-13-11-18(12-14-20)24-15-22(21-7-4-5-8-23(21)30-24)28(32)29-16-19(31)17-36-27-25(34-2)9-6-10-26(27)35-3/h4-15,19,31H,16-17H2,1-3H3,(H,29,32)/t19-/m0/s1. The van der Waals surface area contributed by atoms with Crippen LogP contribution in [0.5, 0.6) is 23.0 Å². The largest absolute Gasteiger partial charge is 0.497 e. The van der Waals surface area contributed by atoms with Gasteiger partial charge in [-0.1, -0.05) is 24.3 Å². The molecule has 8 heteroatoms. The van der Waals surface area contributed by atoms with Crippen LogP contribution >= 0.6 is 0 Å². The zero-order chi connectivity index (χ0) is 25.5. The molecule has 1 aromatic heterocycles. The van der Waals surface area contributed by atoms with E-state index in [0.29, 0.717) is 34.0 Å². The summed E-state index contributed by atoms with van der Waals surface area (Å²) in [6, 6.07) is 21.9. The lowest BCUT2D eigenvalue weighted by molar-refractivity contribution is 0.0835. The monoisotopic (exact) mass is 488 g/mol. The van der Waals surface area contributed by atoms with Crippen molar-refractivity contribution in [2.24, 2.45) is 0 Å². The van der Waals surface area contributed by atoms with Gasteiger partial charge in [0.15, 0.2) is 11.5 Å². The molecular formula is C28H28N2O6. The zero-order valence-electron chi connectivity index (χ0n) is 20.4. The molecule has 1 atom stereocenters. The van der Waals surface area contributed by atoms with Crippen LogP contribution in [0.3, 0.4) is 0 Å². The maximum atomic E-state index is 13.2. The number of fused-ring (bicyclic) bond motifs is 1. The average molecular weight is 489 g/mol. The van der Waals surface area contributed by atoms with E-state index in [9.17, 15) is 9.90 Å². The highest BCUT2D eigenvalue weighted by Crippen LogP contribution is 2.36. The predicted octanol–water partition coefficient (Wildman–Crippen LogP) is 4.10. The summed E-state index contributed by atoms with van der Waals surface area (Å²) < 4.78 is 21.6. The van der Waals surface area contributed by atoms with Crippen LogP contribution in [0.1, 0.15) is 10.4 Å². The minimum absolute atomic E-state index is 0.00911. The van der Waals surface area contributed by atoms with Gasteiger partial charge in [0.1, 0.15) is 18.5 Å². The van der Waals surface area contributed by atoms with E-state index >= 15 is 0 Å². The molecule has 0 aliphatic rings. The number of aliphatic hydroxyl groups excluding tert-OH is 1. The van der Waals surface area contributed by atoms with Crippen molar-refractivity contribution in [3.63, 3.8) is 0 Å². The molecular weight excluding hydrogens is 460 g/mol. The molecule has 0 bridgehead atoms. The Morgan fingerprint density at radius 2 is 1.61 bits per heavy atom. The number of carbonyl (C=O) groups is 1. The summed E-state index contributed by atoms with van der Waals surface area (Å²) in [5.41, 5.74) is 2.68. The molecule has 186 valence electrons. The number of pyridine rings is 1. The summed E-state index contributed by atoms with van der Waals surface area (Å²) in [6.45, 7) is -0.0734. The van der Waals surface area contributed by atoms with E-state index < -0.39 is 6.10 Å². The Bertz CT molecular complexity index is 1320. The SMILES string of the molecule is COc1ccc(-c2cc(C(=O)NC[C@H](O)COc3c(OC)cccc3OC)c3ccccc3n2)cc1. The van der Waals surface area contributed by atoms with Gasteiger partial charge >= 0.3 is 0 Å². The normalized spacial score (nSPS) is 11.6. The Balaban J connectivity index is 1.49. The van der Waals surface area contributed by atoms with Crippen LogP contribution in [0.25, 0.3) is 22.2 Å². The molecule has 1 heterocycles. The van der Waals surface area contributed by atoms with Gasteiger partial charge in [0.2, 0.25) is 5.75 Å². The van der Waals surface area contributed by atoms with Crippen molar-refractivity contribution < 1.29 is 28.8 Å². The van der Waals surface area contributed by atoms with E-state index in [1.54, 1.807) is 31.4 Å².